The van der Waals surface area contributed by atoms with Gasteiger partial charge in [0.05, 0.1) is 5.56 Å². The van der Waals surface area contributed by atoms with Gasteiger partial charge >= 0.3 is 0 Å². The van der Waals surface area contributed by atoms with E-state index in [4.69, 9.17) is 0 Å². The van der Waals surface area contributed by atoms with E-state index in [1.807, 2.05) is 0 Å². The highest BCUT2D eigenvalue weighted by Gasteiger charge is 2.22. The summed E-state index contributed by atoms with van der Waals surface area (Å²) in [5.41, 5.74) is 0.214. The van der Waals surface area contributed by atoms with E-state index in [1.165, 1.54) is 24.6 Å². The van der Waals surface area contributed by atoms with Crippen molar-refractivity contribution in [2.45, 2.75) is 38.6 Å². The van der Waals surface area contributed by atoms with Crippen LogP contribution in [0, 0.1) is 5.92 Å². The Morgan fingerprint density at radius 2 is 2.11 bits per heavy atom. The summed E-state index contributed by atoms with van der Waals surface area (Å²) in [4.78, 5) is 12.0. The number of phenols is 2. The molecule has 1 aromatic carbocycles. The summed E-state index contributed by atoms with van der Waals surface area (Å²) in [7, 11) is 0. The van der Waals surface area contributed by atoms with Crippen molar-refractivity contribution < 1.29 is 15.0 Å². The predicted molar refractivity (Wildman–Crippen MR) is 68.7 cm³/mol. The molecule has 98 valence electrons. The number of nitrogens with one attached hydrogen (secondary N) is 1. The van der Waals surface area contributed by atoms with Gasteiger partial charge in [-0.25, -0.2) is 0 Å². The lowest BCUT2D eigenvalue weighted by Gasteiger charge is -2.27. The Morgan fingerprint density at radius 3 is 2.78 bits per heavy atom. The van der Waals surface area contributed by atoms with E-state index in [9.17, 15) is 15.0 Å². The first kappa shape index (κ1) is 12.7. The largest absolute Gasteiger partial charge is 0.508 e. The maximum absolute atomic E-state index is 12.0. The molecular weight excluding hydrogens is 230 g/mol. The fraction of sp³-hybridized carbons (Fsp3) is 0.500. The Morgan fingerprint density at radius 1 is 1.33 bits per heavy atom. The van der Waals surface area contributed by atoms with Crippen molar-refractivity contribution in [1.29, 1.82) is 0 Å². The lowest BCUT2D eigenvalue weighted by molar-refractivity contribution is 0.0918. The molecule has 3 N–H and O–H groups in total. The van der Waals surface area contributed by atoms with Crippen LogP contribution in [-0.4, -0.2) is 22.2 Å². The van der Waals surface area contributed by atoms with E-state index in [0.29, 0.717) is 5.92 Å². The number of hydrogen-bond donors (Lipinski definition) is 3. The molecule has 1 aromatic rings. The fourth-order valence-corrected chi connectivity index (χ4v) is 2.54. The molecule has 0 aliphatic heterocycles. The van der Waals surface area contributed by atoms with Gasteiger partial charge in [0.2, 0.25) is 0 Å². The van der Waals surface area contributed by atoms with Crippen LogP contribution in [0.5, 0.6) is 11.5 Å². The van der Waals surface area contributed by atoms with Crippen molar-refractivity contribution in [3.8, 4) is 11.5 Å². The smallest absolute Gasteiger partial charge is 0.255 e. The van der Waals surface area contributed by atoms with Crippen LogP contribution in [0.25, 0.3) is 0 Å². The zero-order valence-electron chi connectivity index (χ0n) is 10.5. The first-order valence-corrected chi connectivity index (χ1v) is 6.39. The second-order valence-electron chi connectivity index (χ2n) is 5.14. The molecule has 0 spiro atoms. The summed E-state index contributed by atoms with van der Waals surface area (Å²) in [5, 5.41) is 21.8. The van der Waals surface area contributed by atoms with Gasteiger partial charge < -0.3 is 15.5 Å². The molecule has 0 bridgehead atoms. The fourth-order valence-electron chi connectivity index (χ4n) is 2.54. The SMILES string of the molecule is CC1CCCC(NC(=O)c2ccc(O)cc2O)C1. The minimum atomic E-state index is -0.272. The number of carbonyl (C=O) groups excluding carboxylic acids is 1. The van der Waals surface area contributed by atoms with E-state index in [0.717, 1.165) is 19.3 Å². The van der Waals surface area contributed by atoms with Crippen LogP contribution in [0.3, 0.4) is 0 Å². The summed E-state index contributed by atoms with van der Waals surface area (Å²) in [5.74, 6) is 0.135. The van der Waals surface area contributed by atoms with E-state index in [2.05, 4.69) is 12.2 Å². The molecule has 1 aliphatic carbocycles. The lowest BCUT2D eigenvalue weighted by atomic mass is 9.87. The third kappa shape index (κ3) is 2.94. The van der Waals surface area contributed by atoms with Gasteiger partial charge in [0.25, 0.3) is 5.91 Å². The Balaban J connectivity index is 2.03. The highest BCUT2D eigenvalue weighted by atomic mass is 16.3. The van der Waals surface area contributed by atoms with E-state index in [-0.39, 0.29) is 29.0 Å². The maximum atomic E-state index is 12.0. The van der Waals surface area contributed by atoms with Gasteiger partial charge in [-0.3, -0.25) is 4.79 Å². The average Bonchev–Trinajstić information content (AvgIpc) is 2.28. The molecule has 0 aromatic heterocycles. The highest BCUT2D eigenvalue weighted by Crippen LogP contribution is 2.25. The summed E-state index contributed by atoms with van der Waals surface area (Å²) in [6.45, 7) is 2.19. The number of amides is 1. The van der Waals surface area contributed by atoms with Gasteiger partial charge in [-0.1, -0.05) is 19.8 Å². The minimum Gasteiger partial charge on any atom is -0.508 e. The monoisotopic (exact) mass is 249 g/mol. The zero-order chi connectivity index (χ0) is 13.1. The molecule has 2 unspecified atom stereocenters. The number of phenolic OH excluding ortho intramolecular Hbond substituents is 2. The molecule has 1 amide bonds. The van der Waals surface area contributed by atoms with Crippen molar-refractivity contribution in [3.63, 3.8) is 0 Å². The predicted octanol–water partition coefficient (Wildman–Crippen LogP) is 2.41. The van der Waals surface area contributed by atoms with Gasteiger partial charge in [-0.15, -0.1) is 0 Å². The standard InChI is InChI=1S/C14H19NO3/c1-9-3-2-4-10(7-9)15-14(18)12-6-5-11(16)8-13(12)17/h5-6,8-10,16-17H,2-4,7H2,1H3,(H,15,18). The summed E-state index contributed by atoms with van der Waals surface area (Å²) in [6.07, 6.45) is 4.34. The topological polar surface area (TPSA) is 69.6 Å². The van der Waals surface area contributed by atoms with Gasteiger partial charge in [0, 0.05) is 12.1 Å². The minimum absolute atomic E-state index is 0.0460. The molecule has 1 fully saturated rings. The molecule has 1 aliphatic rings. The van der Waals surface area contributed by atoms with Gasteiger partial charge in [0.15, 0.2) is 0 Å². The first-order valence-electron chi connectivity index (χ1n) is 6.39. The molecule has 0 heterocycles. The van der Waals surface area contributed by atoms with E-state index >= 15 is 0 Å². The van der Waals surface area contributed by atoms with Crippen molar-refractivity contribution in [1.82, 2.24) is 5.32 Å². The quantitative estimate of drug-likeness (QED) is 0.753. The molecular formula is C14H19NO3. The van der Waals surface area contributed by atoms with Crippen molar-refractivity contribution >= 4 is 5.91 Å². The number of carbonyl (C=O) groups is 1. The maximum Gasteiger partial charge on any atom is 0.255 e. The second kappa shape index (κ2) is 5.29. The van der Waals surface area contributed by atoms with Crippen molar-refractivity contribution in [3.05, 3.63) is 23.8 Å². The number of rotatable bonds is 2. The van der Waals surface area contributed by atoms with Crippen LogP contribution < -0.4 is 5.32 Å². The molecule has 4 nitrogen and oxygen atoms in total. The highest BCUT2D eigenvalue weighted by molar-refractivity contribution is 5.97. The Kier molecular flexibility index (Phi) is 3.75. The lowest BCUT2D eigenvalue weighted by Crippen LogP contribution is -2.37. The van der Waals surface area contributed by atoms with Crippen molar-refractivity contribution in [2.24, 2.45) is 5.92 Å². The third-order valence-electron chi connectivity index (χ3n) is 3.50. The normalized spacial score (nSPS) is 23.6. The van der Waals surface area contributed by atoms with Crippen LogP contribution in [-0.2, 0) is 0 Å². The first-order chi connectivity index (χ1) is 8.56. The third-order valence-corrected chi connectivity index (χ3v) is 3.50. The molecule has 4 heteroatoms. The zero-order valence-corrected chi connectivity index (χ0v) is 10.5. The molecule has 18 heavy (non-hydrogen) atoms. The summed E-state index contributed by atoms with van der Waals surface area (Å²) >= 11 is 0. The molecule has 2 rings (SSSR count). The van der Waals surface area contributed by atoms with E-state index in [1.54, 1.807) is 0 Å². The number of benzene rings is 1. The summed E-state index contributed by atoms with van der Waals surface area (Å²) < 4.78 is 0. The van der Waals surface area contributed by atoms with Crippen LogP contribution in [0.15, 0.2) is 18.2 Å². The molecule has 0 radical (unpaired) electrons. The van der Waals surface area contributed by atoms with E-state index < -0.39 is 0 Å². The van der Waals surface area contributed by atoms with Gasteiger partial charge in [-0.05, 0) is 30.9 Å². The molecule has 0 saturated heterocycles. The molecule has 1 saturated carbocycles. The van der Waals surface area contributed by atoms with Crippen LogP contribution >= 0.6 is 0 Å². The number of aromatic hydroxyl groups is 2. The van der Waals surface area contributed by atoms with Gasteiger partial charge in [-0.2, -0.15) is 0 Å². The summed E-state index contributed by atoms with van der Waals surface area (Å²) in [6, 6.07) is 4.21. The Labute approximate surface area is 107 Å². The number of hydrogen-bond acceptors (Lipinski definition) is 3. The van der Waals surface area contributed by atoms with Crippen molar-refractivity contribution in [2.75, 3.05) is 0 Å². The average molecular weight is 249 g/mol. The molecule has 2 atom stereocenters. The Hall–Kier alpha value is -1.71. The van der Waals surface area contributed by atoms with Crippen LogP contribution in [0.4, 0.5) is 0 Å². The van der Waals surface area contributed by atoms with Crippen LogP contribution in [0.1, 0.15) is 43.0 Å². The van der Waals surface area contributed by atoms with Crippen LogP contribution in [0.2, 0.25) is 0 Å². The van der Waals surface area contributed by atoms with Gasteiger partial charge in [0.1, 0.15) is 11.5 Å². The Bertz CT molecular complexity index is 445. The second-order valence-corrected chi connectivity index (χ2v) is 5.14.